The molecule has 1 amide bonds. The number of hydrogen-bond acceptors (Lipinski definition) is 3. The lowest BCUT2D eigenvalue weighted by Crippen LogP contribution is -2.37. The third-order valence-corrected chi connectivity index (χ3v) is 2.97. The highest BCUT2D eigenvalue weighted by atomic mass is 16.5. The van der Waals surface area contributed by atoms with E-state index in [1.807, 2.05) is 0 Å². The molecule has 98 valence electrons. The Bertz CT molecular complexity index is 410. The Morgan fingerprint density at radius 2 is 1.94 bits per heavy atom. The van der Waals surface area contributed by atoms with Gasteiger partial charge in [-0.25, -0.2) is 0 Å². The fourth-order valence-corrected chi connectivity index (χ4v) is 1.63. The molecule has 2 N–H and O–H groups in total. The van der Waals surface area contributed by atoms with Crippen molar-refractivity contribution in [2.45, 2.75) is 44.9 Å². The minimum absolute atomic E-state index is 0.0721. The fourth-order valence-electron chi connectivity index (χ4n) is 1.63. The Morgan fingerprint density at radius 1 is 1.33 bits per heavy atom. The summed E-state index contributed by atoms with van der Waals surface area (Å²) in [7, 11) is 0. The Morgan fingerprint density at radius 3 is 2.44 bits per heavy atom. The molecular weight excluding hydrogens is 230 g/mol. The van der Waals surface area contributed by atoms with Gasteiger partial charge in [-0.05, 0) is 44.4 Å². The summed E-state index contributed by atoms with van der Waals surface area (Å²) >= 11 is 0. The van der Waals surface area contributed by atoms with E-state index in [-0.39, 0.29) is 5.91 Å². The smallest absolute Gasteiger partial charge is 0.260 e. The van der Waals surface area contributed by atoms with Crippen molar-refractivity contribution >= 4 is 5.91 Å². The normalized spacial score (nSPS) is 17.9. The van der Waals surface area contributed by atoms with Crippen molar-refractivity contribution in [2.24, 2.45) is 0 Å². The van der Waals surface area contributed by atoms with Gasteiger partial charge in [0.25, 0.3) is 5.91 Å². The minimum atomic E-state index is -0.497. The third-order valence-electron chi connectivity index (χ3n) is 2.97. The second-order valence-corrected chi connectivity index (χ2v) is 4.79. The van der Waals surface area contributed by atoms with Crippen LogP contribution >= 0.6 is 0 Å². The first-order valence-electron chi connectivity index (χ1n) is 6.31. The number of carbonyl (C=O) groups is 1. The zero-order valence-electron chi connectivity index (χ0n) is 10.7. The van der Waals surface area contributed by atoms with E-state index in [0.29, 0.717) is 11.8 Å². The van der Waals surface area contributed by atoms with Crippen LogP contribution in [-0.2, 0) is 4.79 Å². The van der Waals surface area contributed by atoms with Crippen LogP contribution in [0.5, 0.6) is 5.75 Å². The molecule has 0 spiro atoms. The average molecular weight is 249 g/mol. The predicted octanol–water partition coefficient (Wildman–Crippen LogP) is 1.79. The number of aliphatic hydroxyl groups excluding tert-OH is 1. The van der Waals surface area contributed by atoms with Gasteiger partial charge in [0.2, 0.25) is 0 Å². The lowest BCUT2D eigenvalue weighted by Gasteiger charge is -2.15. The van der Waals surface area contributed by atoms with Crippen molar-refractivity contribution in [3.63, 3.8) is 0 Å². The summed E-state index contributed by atoms with van der Waals surface area (Å²) in [5.74, 6) is 0.565. The first kappa shape index (κ1) is 12.9. The molecule has 0 aromatic heterocycles. The number of hydrogen-bond donors (Lipinski definition) is 2. The molecule has 2 atom stereocenters. The Hall–Kier alpha value is -1.55. The van der Waals surface area contributed by atoms with Crippen molar-refractivity contribution < 1.29 is 14.6 Å². The maximum absolute atomic E-state index is 11.7. The number of amides is 1. The van der Waals surface area contributed by atoms with Crippen molar-refractivity contribution in [1.82, 2.24) is 5.32 Å². The van der Waals surface area contributed by atoms with Crippen LogP contribution < -0.4 is 10.1 Å². The molecule has 1 aromatic rings. The average Bonchev–Trinajstić information content (AvgIpc) is 3.13. The highest BCUT2D eigenvalue weighted by Crippen LogP contribution is 2.20. The Kier molecular flexibility index (Phi) is 3.87. The summed E-state index contributed by atoms with van der Waals surface area (Å²) in [5, 5.41) is 12.3. The number of aliphatic hydroxyl groups is 1. The number of ether oxygens (including phenoxy) is 1. The molecule has 1 fully saturated rings. The molecule has 2 rings (SSSR count). The highest BCUT2D eigenvalue weighted by molar-refractivity contribution is 5.81. The van der Waals surface area contributed by atoms with Gasteiger partial charge in [0, 0.05) is 6.04 Å². The molecule has 0 saturated heterocycles. The zero-order chi connectivity index (χ0) is 13.1. The molecule has 1 saturated carbocycles. The summed E-state index contributed by atoms with van der Waals surface area (Å²) < 4.78 is 5.55. The summed E-state index contributed by atoms with van der Waals surface area (Å²) in [6.45, 7) is 3.45. The Labute approximate surface area is 107 Å². The van der Waals surface area contributed by atoms with Crippen LogP contribution in [-0.4, -0.2) is 23.2 Å². The molecule has 1 unspecified atom stereocenters. The third kappa shape index (κ3) is 3.47. The van der Waals surface area contributed by atoms with Gasteiger partial charge in [0.05, 0.1) is 6.10 Å². The molecule has 0 radical (unpaired) electrons. The maximum Gasteiger partial charge on any atom is 0.260 e. The lowest BCUT2D eigenvalue weighted by molar-refractivity contribution is -0.127. The summed E-state index contributed by atoms with van der Waals surface area (Å²) in [6, 6.07) is 7.48. The highest BCUT2D eigenvalue weighted by Gasteiger charge is 2.26. The van der Waals surface area contributed by atoms with E-state index < -0.39 is 12.2 Å². The van der Waals surface area contributed by atoms with Crippen molar-refractivity contribution in [1.29, 1.82) is 0 Å². The standard InChI is InChI=1S/C14H19NO3/c1-9(16)11-3-7-13(8-4-11)18-10(2)14(17)15-12-5-6-12/h3-4,7-10,12,16H,5-6H2,1-2H3,(H,15,17)/t9-,10?/m1/s1. The van der Waals surface area contributed by atoms with Gasteiger partial charge in [0.15, 0.2) is 6.10 Å². The summed E-state index contributed by atoms with van der Waals surface area (Å²) in [6.07, 6.45) is 1.15. The second-order valence-electron chi connectivity index (χ2n) is 4.79. The molecule has 1 aromatic carbocycles. The molecule has 0 heterocycles. The zero-order valence-corrected chi connectivity index (χ0v) is 10.7. The second kappa shape index (κ2) is 5.40. The van der Waals surface area contributed by atoms with E-state index >= 15 is 0 Å². The van der Waals surface area contributed by atoms with Crippen molar-refractivity contribution in [3.8, 4) is 5.75 Å². The van der Waals surface area contributed by atoms with Gasteiger partial charge in [-0.2, -0.15) is 0 Å². The SMILES string of the molecule is CC(Oc1ccc([C@@H](C)O)cc1)C(=O)NC1CC1. The topological polar surface area (TPSA) is 58.6 Å². The Balaban J connectivity index is 1.89. The first-order valence-corrected chi connectivity index (χ1v) is 6.31. The van der Waals surface area contributed by atoms with Gasteiger partial charge < -0.3 is 15.2 Å². The van der Waals surface area contributed by atoms with E-state index in [1.54, 1.807) is 38.1 Å². The summed E-state index contributed by atoms with van der Waals surface area (Å²) in [5.41, 5.74) is 0.831. The molecule has 1 aliphatic rings. The van der Waals surface area contributed by atoms with Gasteiger partial charge in [-0.1, -0.05) is 12.1 Å². The van der Waals surface area contributed by atoms with Gasteiger partial charge >= 0.3 is 0 Å². The molecule has 18 heavy (non-hydrogen) atoms. The quantitative estimate of drug-likeness (QED) is 0.836. The summed E-state index contributed by atoms with van der Waals surface area (Å²) in [4.78, 5) is 11.7. The fraction of sp³-hybridized carbons (Fsp3) is 0.500. The first-order chi connectivity index (χ1) is 8.56. The van der Waals surface area contributed by atoms with Crippen LogP contribution in [0, 0.1) is 0 Å². The van der Waals surface area contributed by atoms with E-state index in [4.69, 9.17) is 4.74 Å². The van der Waals surface area contributed by atoms with Crippen LogP contribution in [0.4, 0.5) is 0 Å². The molecule has 1 aliphatic carbocycles. The largest absolute Gasteiger partial charge is 0.481 e. The van der Waals surface area contributed by atoms with Crippen molar-refractivity contribution in [3.05, 3.63) is 29.8 Å². The van der Waals surface area contributed by atoms with Crippen LogP contribution in [0.3, 0.4) is 0 Å². The van der Waals surface area contributed by atoms with E-state index in [9.17, 15) is 9.90 Å². The minimum Gasteiger partial charge on any atom is -0.481 e. The monoisotopic (exact) mass is 249 g/mol. The molecule has 4 nitrogen and oxygen atoms in total. The molecule has 4 heteroatoms. The van der Waals surface area contributed by atoms with Gasteiger partial charge in [0.1, 0.15) is 5.75 Å². The molecule has 0 bridgehead atoms. The van der Waals surface area contributed by atoms with E-state index in [0.717, 1.165) is 18.4 Å². The van der Waals surface area contributed by atoms with Gasteiger partial charge in [-0.3, -0.25) is 4.79 Å². The van der Waals surface area contributed by atoms with E-state index in [1.165, 1.54) is 0 Å². The van der Waals surface area contributed by atoms with E-state index in [2.05, 4.69) is 5.32 Å². The number of rotatable bonds is 5. The molecule has 0 aliphatic heterocycles. The predicted molar refractivity (Wildman–Crippen MR) is 68.3 cm³/mol. The van der Waals surface area contributed by atoms with Crippen LogP contribution in [0.1, 0.15) is 38.4 Å². The van der Waals surface area contributed by atoms with Crippen molar-refractivity contribution in [2.75, 3.05) is 0 Å². The maximum atomic E-state index is 11.7. The van der Waals surface area contributed by atoms with Crippen LogP contribution in [0.25, 0.3) is 0 Å². The number of benzene rings is 1. The molecular formula is C14H19NO3. The lowest BCUT2D eigenvalue weighted by atomic mass is 10.1. The number of carbonyl (C=O) groups excluding carboxylic acids is 1. The van der Waals surface area contributed by atoms with Gasteiger partial charge in [-0.15, -0.1) is 0 Å². The van der Waals surface area contributed by atoms with Crippen LogP contribution in [0.15, 0.2) is 24.3 Å². The van der Waals surface area contributed by atoms with Crippen LogP contribution in [0.2, 0.25) is 0 Å². The number of nitrogens with one attached hydrogen (secondary N) is 1.